The number of aromatic amines is 2. The van der Waals surface area contributed by atoms with E-state index in [-0.39, 0.29) is 57.6 Å². The van der Waals surface area contributed by atoms with Gasteiger partial charge in [0.05, 0.1) is 37.9 Å². The maximum Gasteiger partial charge on any atom is 0.326 e. The van der Waals surface area contributed by atoms with Gasteiger partial charge < -0.3 is 117 Å². The molecule has 544 valence electrons. The number of aliphatic hydroxyl groups excluding tert-OH is 2. The van der Waals surface area contributed by atoms with Gasteiger partial charge in [-0.1, -0.05) is 32.0 Å². The van der Waals surface area contributed by atoms with Crippen molar-refractivity contribution in [3.05, 3.63) is 54.2 Å². The van der Waals surface area contributed by atoms with Gasteiger partial charge in [0, 0.05) is 67.1 Å². The maximum absolute atomic E-state index is 14.9. The van der Waals surface area contributed by atoms with Gasteiger partial charge in [-0.2, -0.15) is 12.6 Å². The van der Waals surface area contributed by atoms with Crippen LogP contribution in [0.3, 0.4) is 0 Å². The van der Waals surface area contributed by atoms with E-state index in [0.717, 1.165) is 11.8 Å². The van der Waals surface area contributed by atoms with Crippen LogP contribution < -0.4 is 76.1 Å². The van der Waals surface area contributed by atoms with Crippen LogP contribution in [-0.4, -0.2) is 244 Å². The summed E-state index contributed by atoms with van der Waals surface area (Å²) in [6.07, 6.45) is -0.656. The molecule has 3 aromatic rings. The number of nitrogens with zero attached hydrogens (tertiary/aromatic N) is 3. The lowest BCUT2D eigenvalue weighted by atomic mass is 10.0. The number of aliphatic hydroxyl groups is 2. The average molecular weight is 1410 g/mol. The van der Waals surface area contributed by atoms with Crippen LogP contribution in [0, 0.1) is 5.92 Å². The molecule has 2 aromatic heterocycles. The zero-order chi connectivity index (χ0) is 74.0. The molecule has 0 saturated carbocycles. The van der Waals surface area contributed by atoms with Crippen molar-refractivity contribution in [2.75, 3.05) is 25.4 Å². The highest BCUT2D eigenvalue weighted by molar-refractivity contribution is 7.80. The predicted molar refractivity (Wildman–Crippen MR) is 350 cm³/mol. The standard InChI is InChI=1S/C59H87N19O20S/c1-26(2)45(76-49(88)34(13-14-42(61)81)69-53(92)40(24-99)75-52(91)39(23-79)74-56(95)46(28(4)80)77-48(87)32(60)19-43(82)83)55(94)72-36(18-30-22-64-25-67-30)50(89)68-27(3)47(86)73-38(17-29-21-66-33-10-6-5-9-31(29)33)57(96)78-16-8-12-41(78)54(93)71-37(20-44(84)85)51(90)70-35(58(97)98)11-7-15-65-59(62)63/h5-6,9-10,21-22,25-28,32,34-41,45-46,66,79-80,99H,7-8,11-20,23-24,60H2,1-4H3,(H2,61,81)(H,64,67)(H,68,89)(H,69,92)(H,70,90)(H,71,93)(H,72,94)(H,73,86)(H,74,95)(H,75,91)(H,76,88)(H,77,87)(H,82,83)(H,84,85)(H,97,98)(H4,62,63,65)/t27-,28+,32-,34-,35-,36-,37-,38-,39-,40-,41-,45-,46-/m0/s1. The second-order valence-corrected chi connectivity index (χ2v) is 24.0. The van der Waals surface area contributed by atoms with Crippen LogP contribution in [0.1, 0.15) is 90.3 Å². The molecule has 0 aliphatic carbocycles. The fourth-order valence-electron chi connectivity index (χ4n) is 10.2. The summed E-state index contributed by atoms with van der Waals surface area (Å²) in [6.45, 7) is 4.18. The molecule has 0 bridgehead atoms. The van der Waals surface area contributed by atoms with Gasteiger partial charge >= 0.3 is 17.9 Å². The van der Waals surface area contributed by atoms with Crippen LogP contribution in [0.5, 0.6) is 0 Å². The summed E-state index contributed by atoms with van der Waals surface area (Å²) in [5, 5.41) is 73.1. The van der Waals surface area contributed by atoms with Gasteiger partial charge in [-0.3, -0.25) is 72.1 Å². The van der Waals surface area contributed by atoms with E-state index in [1.165, 1.54) is 33.3 Å². The van der Waals surface area contributed by atoms with Crippen LogP contribution in [0.2, 0.25) is 0 Å². The van der Waals surface area contributed by atoms with Crippen molar-refractivity contribution in [2.24, 2.45) is 33.8 Å². The summed E-state index contributed by atoms with van der Waals surface area (Å²) in [5.41, 5.74) is 23.1. The third kappa shape index (κ3) is 25.5. The lowest BCUT2D eigenvalue weighted by Gasteiger charge is -2.30. The van der Waals surface area contributed by atoms with E-state index in [0.29, 0.717) is 22.2 Å². The Kier molecular flexibility index (Phi) is 31.9. The molecule has 40 heteroatoms. The molecule has 3 heterocycles. The first kappa shape index (κ1) is 81.0. The minimum Gasteiger partial charge on any atom is -0.481 e. The van der Waals surface area contributed by atoms with E-state index in [4.69, 9.17) is 28.0 Å². The van der Waals surface area contributed by atoms with Gasteiger partial charge in [-0.25, -0.2) is 9.78 Å². The number of nitrogens with two attached hydrogens (primary N) is 4. The monoisotopic (exact) mass is 1410 g/mol. The van der Waals surface area contributed by atoms with E-state index in [2.05, 4.69) is 85.7 Å². The number of amides is 12. The van der Waals surface area contributed by atoms with Gasteiger partial charge in [0.15, 0.2) is 5.96 Å². The molecule has 1 aliphatic rings. The Labute approximate surface area is 570 Å². The molecule has 1 aliphatic heterocycles. The molecule has 99 heavy (non-hydrogen) atoms. The number of carbonyl (C=O) groups is 15. The SMILES string of the molecule is CC(C)[C@H](NC(=O)[C@H](CCC(N)=O)NC(=O)[C@H](CS)NC(=O)[C@H](CO)NC(=O)[C@@H](NC(=O)[C@@H](N)CC(=O)O)[C@@H](C)O)C(=O)N[C@@H](Cc1cnc[nH]1)C(=O)N[C@@H](C)C(=O)N[C@@H](Cc1c[nH]c2ccccc12)C(=O)N1CCC[C@H]1C(=O)N[C@@H](CC(=O)O)C(=O)N[C@@H](CCCN=C(N)N)C(=O)O. The Morgan fingerprint density at radius 2 is 1.22 bits per heavy atom. The first-order valence-corrected chi connectivity index (χ1v) is 31.8. The summed E-state index contributed by atoms with van der Waals surface area (Å²) >= 11 is 4.12. The number of aliphatic carboxylic acids is 3. The van der Waals surface area contributed by atoms with E-state index < -0.39 is 211 Å². The maximum atomic E-state index is 14.9. The number of primary amides is 1. The topological polar surface area (TPSA) is 642 Å². The predicted octanol–water partition coefficient (Wildman–Crippen LogP) is -7.83. The second-order valence-electron chi connectivity index (χ2n) is 23.6. The minimum atomic E-state index is -1.87. The average Bonchev–Trinajstić information content (AvgIpc) is 1.70. The fraction of sp³-hybridized carbons (Fsp3) is 0.542. The normalized spacial score (nSPS) is 16.3. The number of aromatic nitrogens is 3. The highest BCUT2D eigenvalue weighted by Gasteiger charge is 2.42. The molecule has 1 aromatic carbocycles. The molecular formula is C59H87N19O20S. The largest absolute Gasteiger partial charge is 0.481 e. The number of carboxylic acids is 3. The van der Waals surface area contributed by atoms with E-state index in [1.807, 2.05) is 0 Å². The molecule has 4 rings (SSSR count). The van der Waals surface area contributed by atoms with Crippen LogP contribution in [0.15, 0.2) is 48.0 Å². The number of likely N-dealkylation sites (tertiary alicyclic amines) is 1. The van der Waals surface area contributed by atoms with Crippen molar-refractivity contribution in [1.29, 1.82) is 0 Å². The Balaban J connectivity index is 1.54. The molecule has 1 fully saturated rings. The van der Waals surface area contributed by atoms with Crippen LogP contribution in [-0.2, 0) is 84.8 Å². The fourth-order valence-corrected chi connectivity index (χ4v) is 10.4. The van der Waals surface area contributed by atoms with Gasteiger partial charge in [0.2, 0.25) is 70.9 Å². The third-order valence-electron chi connectivity index (χ3n) is 15.5. The van der Waals surface area contributed by atoms with Crippen molar-refractivity contribution < 1.29 is 97.5 Å². The zero-order valence-corrected chi connectivity index (χ0v) is 55.4. The van der Waals surface area contributed by atoms with Crippen LogP contribution in [0.4, 0.5) is 0 Å². The number of para-hydroxylation sites is 1. The molecule has 0 radical (unpaired) electrons. The molecule has 1 saturated heterocycles. The van der Waals surface area contributed by atoms with Gasteiger partial charge in [0.25, 0.3) is 0 Å². The number of H-pyrrole nitrogens is 2. The number of hydrogen-bond donors (Lipinski definition) is 22. The number of fused-ring (bicyclic) bond motifs is 1. The van der Waals surface area contributed by atoms with Crippen molar-refractivity contribution in [3.63, 3.8) is 0 Å². The summed E-state index contributed by atoms with van der Waals surface area (Å²) in [6, 6.07) is -12.5. The lowest BCUT2D eigenvalue weighted by molar-refractivity contribution is -0.145. The van der Waals surface area contributed by atoms with E-state index in [9.17, 15) is 92.3 Å². The number of nitrogens with one attached hydrogen (secondary N) is 12. The van der Waals surface area contributed by atoms with Crippen molar-refractivity contribution in [2.45, 2.75) is 171 Å². The first-order valence-electron chi connectivity index (χ1n) is 31.2. The first-order chi connectivity index (χ1) is 46.6. The number of guanidine groups is 1. The van der Waals surface area contributed by atoms with Gasteiger partial charge in [0.1, 0.15) is 66.5 Å². The van der Waals surface area contributed by atoms with Crippen molar-refractivity contribution in [3.8, 4) is 0 Å². The molecule has 12 amide bonds. The number of benzene rings is 1. The van der Waals surface area contributed by atoms with Crippen LogP contribution >= 0.6 is 12.6 Å². The smallest absolute Gasteiger partial charge is 0.326 e. The highest BCUT2D eigenvalue weighted by atomic mass is 32.1. The highest BCUT2D eigenvalue weighted by Crippen LogP contribution is 2.24. The number of imidazole rings is 1. The Morgan fingerprint density at radius 3 is 1.82 bits per heavy atom. The van der Waals surface area contributed by atoms with E-state index in [1.54, 1.807) is 30.5 Å². The summed E-state index contributed by atoms with van der Waals surface area (Å²) in [7, 11) is 0. The lowest BCUT2D eigenvalue weighted by Crippen LogP contribution is -2.62. The van der Waals surface area contributed by atoms with Crippen LogP contribution in [0.25, 0.3) is 10.9 Å². The Hall–Kier alpha value is -10.5. The van der Waals surface area contributed by atoms with Gasteiger partial charge in [-0.05, 0) is 63.5 Å². The Bertz CT molecular complexity index is 3420. The van der Waals surface area contributed by atoms with Crippen molar-refractivity contribution >= 4 is 118 Å². The number of thiol groups is 1. The number of carboxylic acid groups (broad SMARTS) is 3. The van der Waals surface area contributed by atoms with Crippen molar-refractivity contribution in [1.82, 2.24) is 73.0 Å². The molecule has 0 unspecified atom stereocenters. The molecule has 39 nitrogen and oxygen atoms in total. The van der Waals surface area contributed by atoms with Gasteiger partial charge in [-0.15, -0.1) is 0 Å². The molecular weight excluding hydrogens is 1330 g/mol. The summed E-state index contributed by atoms with van der Waals surface area (Å²) in [5.74, 6) is -18.6. The summed E-state index contributed by atoms with van der Waals surface area (Å²) < 4.78 is 0. The quantitative estimate of drug-likeness (QED) is 0.0109. The number of aliphatic imine (C=N–C) groups is 1. The minimum absolute atomic E-state index is 0.00870. The second kappa shape index (κ2) is 39.1. The third-order valence-corrected chi connectivity index (χ3v) is 15.8. The number of rotatable bonds is 41. The zero-order valence-electron chi connectivity index (χ0n) is 54.5. The molecule has 13 atom stereocenters. The molecule has 25 N–H and O–H groups in total. The summed E-state index contributed by atoms with van der Waals surface area (Å²) in [4.78, 5) is 214. The number of carbonyl (C=O) groups excluding carboxylic acids is 12. The molecule has 0 spiro atoms. The number of hydrogen-bond acceptors (Lipinski definition) is 21. The van der Waals surface area contributed by atoms with E-state index >= 15 is 0 Å². The Morgan fingerprint density at radius 1 is 0.646 bits per heavy atom.